The van der Waals surface area contributed by atoms with Crippen LogP contribution in [-0.4, -0.2) is 9.97 Å². The minimum Gasteiger partial charge on any atom is -0.246 e. The maximum atomic E-state index is 4.91. The molecular formula is C30H36N2. The molecule has 0 aliphatic carbocycles. The van der Waals surface area contributed by atoms with E-state index in [4.69, 9.17) is 9.97 Å². The normalized spacial score (nSPS) is 11.8. The Bertz CT molecular complexity index is 1090. The van der Waals surface area contributed by atoms with E-state index in [1.807, 2.05) is 0 Å². The molecule has 0 bridgehead atoms. The molecule has 0 aliphatic rings. The molecule has 0 aliphatic heterocycles. The standard InChI is InChI=1S/C30H36N2/c1-21(2)7-5-9-23-11-15-27-25(19-23)13-17-29(31-27)30-18-14-26-20-24(10-6-8-22(3)4)12-16-28(26)32-30/h11-22H,5-10H2,1-4H3. The Labute approximate surface area is 193 Å². The third kappa shape index (κ3) is 5.73. The van der Waals surface area contributed by atoms with Crippen molar-refractivity contribution >= 4 is 21.8 Å². The topological polar surface area (TPSA) is 25.8 Å². The summed E-state index contributed by atoms with van der Waals surface area (Å²) in [6.07, 6.45) is 7.33. The minimum absolute atomic E-state index is 0.769. The fraction of sp³-hybridized carbons (Fsp3) is 0.400. The molecule has 2 heteroatoms. The van der Waals surface area contributed by atoms with Crippen molar-refractivity contribution < 1.29 is 0 Å². The Kier molecular flexibility index (Phi) is 7.19. The van der Waals surface area contributed by atoms with Gasteiger partial charge in [-0.25, -0.2) is 9.97 Å². The van der Waals surface area contributed by atoms with Gasteiger partial charge < -0.3 is 0 Å². The molecule has 2 aromatic heterocycles. The summed E-state index contributed by atoms with van der Waals surface area (Å²) in [5.41, 5.74) is 6.76. The average molecular weight is 425 g/mol. The number of pyridine rings is 2. The molecule has 0 spiro atoms. The lowest BCUT2D eigenvalue weighted by Crippen LogP contribution is -1.93. The van der Waals surface area contributed by atoms with Crippen molar-refractivity contribution in [1.82, 2.24) is 9.97 Å². The summed E-state index contributed by atoms with van der Waals surface area (Å²) in [5.74, 6) is 1.54. The molecule has 0 fully saturated rings. The summed E-state index contributed by atoms with van der Waals surface area (Å²) in [4.78, 5) is 9.83. The molecule has 0 N–H and O–H groups in total. The number of benzene rings is 2. The fourth-order valence-electron chi connectivity index (χ4n) is 4.38. The molecule has 32 heavy (non-hydrogen) atoms. The van der Waals surface area contributed by atoms with Gasteiger partial charge in [0.1, 0.15) is 0 Å². The Morgan fingerprint density at radius 3 is 1.41 bits per heavy atom. The molecule has 2 nitrogen and oxygen atoms in total. The van der Waals surface area contributed by atoms with E-state index in [-0.39, 0.29) is 0 Å². The monoisotopic (exact) mass is 424 g/mol. The molecule has 4 rings (SSSR count). The van der Waals surface area contributed by atoms with Crippen LogP contribution < -0.4 is 0 Å². The second-order valence-electron chi connectivity index (χ2n) is 10.0. The summed E-state index contributed by atoms with van der Waals surface area (Å²) in [6, 6.07) is 22.0. The lowest BCUT2D eigenvalue weighted by atomic mass is 10.0. The number of hydrogen-bond acceptors (Lipinski definition) is 2. The van der Waals surface area contributed by atoms with Crippen molar-refractivity contribution in [1.29, 1.82) is 0 Å². The molecule has 0 unspecified atom stereocenters. The second-order valence-corrected chi connectivity index (χ2v) is 10.0. The van der Waals surface area contributed by atoms with E-state index in [0.29, 0.717) is 0 Å². The zero-order valence-corrected chi connectivity index (χ0v) is 20.1. The summed E-state index contributed by atoms with van der Waals surface area (Å²) >= 11 is 0. The predicted molar refractivity (Wildman–Crippen MR) is 138 cm³/mol. The van der Waals surface area contributed by atoms with Crippen molar-refractivity contribution in [2.75, 3.05) is 0 Å². The molecule has 0 saturated carbocycles. The van der Waals surface area contributed by atoms with Gasteiger partial charge in [-0.15, -0.1) is 0 Å². The van der Waals surface area contributed by atoms with Crippen LogP contribution >= 0.6 is 0 Å². The first-order valence-electron chi connectivity index (χ1n) is 12.3. The van der Waals surface area contributed by atoms with Crippen LogP contribution in [0.25, 0.3) is 33.2 Å². The van der Waals surface area contributed by atoms with Crippen LogP contribution in [0.2, 0.25) is 0 Å². The van der Waals surface area contributed by atoms with Gasteiger partial charge in [0, 0.05) is 10.8 Å². The van der Waals surface area contributed by atoms with Gasteiger partial charge in [-0.05, 0) is 85.0 Å². The molecule has 166 valence electrons. The van der Waals surface area contributed by atoms with E-state index in [2.05, 4.69) is 88.4 Å². The van der Waals surface area contributed by atoms with Crippen LogP contribution in [0.1, 0.15) is 64.5 Å². The zero-order valence-electron chi connectivity index (χ0n) is 20.1. The third-order valence-electron chi connectivity index (χ3n) is 6.26. The molecule has 2 aromatic carbocycles. The van der Waals surface area contributed by atoms with Crippen molar-refractivity contribution in [3.05, 3.63) is 71.8 Å². The SMILES string of the molecule is CC(C)CCCc1ccc2nc(-c3ccc4cc(CCCC(C)C)ccc4n3)ccc2c1. The number of aryl methyl sites for hydroxylation is 2. The highest BCUT2D eigenvalue weighted by Gasteiger charge is 2.07. The van der Waals surface area contributed by atoms with E-state index >= 15 is 0 Å². The molecule has 0 amide bonds. The van der Waals surface area contributed by atoms with Gasteiger partial charge in [-0.2, -0.15) is 0 Å². The molecule has 0 radical (unpaired) electrons. The smallest absolute Gasteiger partial charge is 0.0894 e. The first-order chi connectivity index (χ1) is 15.5. The van der Waals surface area contributed by atoms with Gasteiger partial charge in [0.25, 0.3) is 0 Å². The highest BCUT2D eigenvalue weighted by molar-refractivity contribution is 5.84. The van der Waals surface area contributed by atoms with Crippen LogP contribution in [0.15, 0.2) is 60.7 Å². The van der Waals surface area contributed by atoms with Gasteiger partial charge in [0.05, 0.1) is 22.4 Å². The summed E-state index contributed by atoms with van der Waals surface area (Å²) in [6.45, 7) is 9.16. The largest absolute Gasteiger partial charge is 0.246 e. The fourth-order valence-corrected chi connectivity index (χ4v) is 4.38. The predicted octanol–water partition coefficient (Wildman–Crippen LogP) is 8.41. The number of rotatable bonds is 9. The molecule has 0 atom stereocenters. The maximum Gasteiger partial charge on any atom is 0.0894 e. The van der Waals surface area contributed by atoms with E-state index in [1.165, 1.54) is 47.6 Å². The van der Waals surface area contributed by atoms with Crippen molar-refractivity contribution in [2.45, 2.75) is 66.2 Å². The number of fused-ring (bicyclic) bond motifs is 2. The first-order valence-corrected chi connectivity index (χ1v) is 12.3. The van der Waals surface area contributed by atoms with E-state index in [9.17, 15) is 0 Å². The van der Waals surface area contributed by atoms with Gasteiger partial charge in [-0.1, -0.05) is 64.8 Å². The second kappa shape index (κ2) is 10.3. The highest BCUT2D eigenvalue weighted by Crippen LogP contribution is 2.24. The Hall–Kier alpha value is -2.74. The quantitative estimate of drug-likeness (QED) is 0.269. The molecule has 0 saturated heterocycles. The van der Waals surface area contributed by atoms with Gasteiger partial charge >= 0.3 is 0 Å². The van der Waals surface area contributed by atoms with Crippen molar-refractivity contribution in [2.24, 2.45) is 11.8 Å². The van der Waals surface area contributed by atoms with Gasteiger partial charge in [0.2, 0.25) is 0 Å². The lowest BCUT2D eigenvalue weighted by molar-refractivity contribution is 0.556. The van der Waals surface area contributed by atoms with E-state index in [1.54, 1.807) is 0 Å². The number of hydrogen-bond donors (Lipinski definition) is 0. The van der Waals surface area contributed by atoms with Crippen molar-refractivity contribution in [3.63, 3.8) is 0 Å². The lowest BCUT2D eigenvalue weighted by Gasteiger charge is -2.08. The van der Waals surface area contributed by atoms with Crippen LogP contribution in [0.3, 0.4) is 0 Å². The van der Waals surface area contributed by atoms with E-state index < -0.39 is 0 Å². The summed E-state index contributed by atoms with van der Waals surface area (Å²) in [5, 5.41) is 2.42. The Morgan fingerprint density at radius 2 is 1.00 bits per heavy atom. The zero-order chi connectivity index (χ0) is 22.5. The maximum absolute atomic E-state index is 4.91. The summed E-state index contributed by atoms with van der Waals surface area (Å²) < 4.78 is 0. The average Bonchev–Trinajstić information content (AvgIpc) is 2.78. The van der Waals surface area contributed by atoms with Crippen LogP contribution in [0.4, 0.5) is 0 Å². The summed E-state index contributed by atoms with van der Waals surface area (Å²) in [7, 11) is 0. The number of nitrogens with zero attached hydrogens (tertiary/aromatic N) is 2. The molecule has 4 aromatic rings. The molecular weight excluding hydrogens is 388 g/mol. The number of aromatic nitrogens is 2. The van der Waals surface area contributed by atoms with Gasteiger partial charge in [-0.3, -0.25) is 0 Å². The van der Waals surface area contributed by atoms with Crippen LogP contribution in [0, 0.1) is 11.8 Å². The molecule has 2 heterocycles. The Morgan fingerprint density at radius 1 is 0.562 bits per heavy atom. The Balaban J connectivity index is 1.51. The van der Waals surface area contributed by atoms with E-state index in [0.717, 1.165) is 47.1 Å². The van der Waals surface area contributed by atoms with Crippen molar-refractivity contribution in [3.8, 4) is 11.4 Å². The van der Waals surface area contributed by atoms with Crippen LogP contribution in [-0.2, 0) is 12.8 Å². The third-order valence-corrected chi connectivity index (χ3v) is 6.26. The van der Waals surface area contributed by atoms with Crippen LogP contribution in [0.5, 0.6) is 0 Å². The minimum atomic E-state index is 0.769. The highest BCUT2D eigenvalue weighted by atomic mass is 14.8. The first kappa shape index (κ1) is 22.5. The van der Waals surface area contributed by atoms with Gasteiger partial charge in [0.15, 0.2) is 0 Å².